The molecule has 19 heavy (non-hydrogen) atoms. The minimum absolute atomic E-state index is 0.209. The molecule has 0 radical (unpaired) electrons. The van der Waals surface area contributed by atoms with Crippen LogP contribution in [0.5, 0.6) is 0 Å². The van der Waals surface area contributed by atoms with Crippen molar-refractivity contribution < 1.29 is 0 Å². The highest BCUT2D eigenvalue weighted by molar-refractivity contribution is 9.09. The molecule has 2 rings (SSSR count). The second-order valence-corrected chi connectivity index (χ2v) is 7.93. The Morgan fingerprint density at radius 3 is 2.79 bits per heavy atom. The lowest BCUT2D eigenvalue weighted by Gasteiger charge is -2.41. The number of hydrogen-bond donors (Lipinski definition) is 0. The summed E-state index contributed by atoms with van der Waals surface area (Å²) in [6, 6.07) is 0. The predicted molar refractivity (Wildman–Crippen MR) is 84.8 cm³/mol. The number of aryl methyl sites for hydroxylation is 1. The largest absolute Gasteiger partial charge is 0.272 e. The number of alkyl halides is 1. The maximum atomic E-state index is 4.51. The van der Waals surface area contributed by atoms with Crippen LogP contribution in [0, 0.1) is 11.8 Å². The van der Waals surface area contributed by atoms with Gasteiger partial charge in [-0.25, -0.2) is 0 Å². The molecule has 0 aromatic carbocycles. The van der Waals surface area contributed by atoms with Gasteiger partial charge in [0, 0.05) is 17.6 Å². The van der Waals surface area contributed by atoms with E-state index in [2.05, 4.69) is 65.8 Å². The minimum Gasteiger partial charge on any atom is -0.272 e. The Labute approximate surface area is 126 Å². The maximum Gasteiger partial charge on any atom is 0.0527 e. The molecule has 3 unspecified atom stereocenters. The smallest absolute Gasteiger partial charge is 0.0527 e. The van der Waals surface area contributed by atoms with Crippen LogP contribution in [0.3, 0.4) is 0 Å². The zero-order chi connectivity index (χ0) is 14.0. The van der Waals surface area contributed by atoms with Crippen molar-refractivity contribution in [2.75, 3.05) is 0 Å². The number of hydrogen-bond acceptors (Lipinski definition) is 1. The van der Waals surface area contributed by atoms with Crippen LogP contribution in [0.25, 0.3) is 0 Å². The fourth-order valence-electron chi connectivity index (χ4n) is 3.39. The van der Waals surface area contributed by atoms with Gasteiger partial charge in [0.25, 0.3) is 0 Å². The molecule has 0 saturated heterocycles. The molecule has 1 aliphatic rings. The topological polar surface area (TPSA) is 17.8 Å². The Hall–Kier alpha value is -0.310. The number of nitrogens with zero attached hydrogens (tertiary/aromatic N) is 2. The van der Waals surface area contributed by atoms with Crippen molar-refractivity contribution in [3.63, 3.8) is 0 Å². The predicted octanol–water partition coefficient (Wildman–Crippen LogP) is 4.77. The lowest BCUT2D eigenvalue weighted by Crippen LogP contribution is -2.38. The minimum atomic E-state index is 0.209. The molecule has 1 saturated carbocycles. The Morgan fingerprint density at radius 1 is 1.42 bits per heavy atom. The molecule has 1 fully saturated rings. The summed E-state index contributed by atoms with van der Waals surface area (Å²) >= 11 is 3.94. The van der Waals surface area contributed by atoms with E-state index in [1.165, 1.54) is 24.8 Å². The number of halogens is 1. The molecule has 0 amide bonds. The molecule has 3 heteroatoms. The average molecular weight is 327 g/mol. The van der Waals surface area contributed by atoms with Crippen molar-refractivity contribution in [3.8, 4) is 0 Å². The van der Waals surface area contributed by atoms with Gasteiger partial charge in [-0.2, -0.15) is 5.10 Å². The van der Waals surface area contributed by atoms with Crippen molar-refractivity contribution in [2.45, 2.75) is 70.2 Å². The van der Waals surface area contributed by atoms with Crippen LogP contribution in [0.15, 0.2) is 12.4 Å². The van der Waals surface area contributed by atoms with Gasteiger partial charge >= 0.3 is 0 Å². The summed E-state index contributed by atoms with van der Waals surface area (Å²) in [6.45, 7) is 10.4. The van der Waals surface area contributed by atoms with Gasteiger partial charge in [0.05, 0.1) is 6.20 Å². The second-order valence-electron chi connectivity index (χ2n) is 6.75. The van der Waals surface area contributed by atoms with E-state index in [4.69, 9.17) is 0 Å². The summed E-state index contributed by atoms with van der Waals surface area (Å²) in [5.41, 5.74) is 1.60. The van der Waals surface area contributed by atoms with Gasteiger partial charge in [-0.3, -0.25) is 4.68 Å². The van der Waals surface area contributed by atoms with E-state index in [-0.39, 0.29) is 5.41 Å². The molecule has 1 heterocycles. The summed E-state index contributed by atoms with van der Waals surface area (Å²) in [5.74, 6) is 1.57. The SMILES string of the molecule is CCCn1cc(C(C)(C)C2CCC(C)CC2Br)cn1. The summed E-state index contributed by atoms with van der Waals surface area (Å²) in [5, 5.41) is 4.51. The first-order valence-corrected chi connectivity index (χ1v) is 8.53. The molecule has 0 aliphatic heterocycles. The molecule has 1 aromatic heterocycles. The van der Waals surface area contributed by atoms with Gasteiger partial charge in [0.1, 0.15) is 0 Å². The molecular weight excluding hydrogens is 300 g/mol. The van der Waals surface area contributed by atoms with Gasteiger partial charge in [0.2, 0.25) is 0 Å². The van der Waals surface area contributed by atoms with Crippen LogP contribution < -0.4 is 0 Å². The van der Waals surface area contributed by atoms with E-state index < -0.39 is 0 Å². The Kier molecular flexibility index (Phi) is 4.75. The molecule has 0 bridgehead atoms. The summed E-state index contributed by atoms with van der Waals surface area (Å²) in [7, 11) is 0. The standard InChI is InChI=1S/C16H27BrN2/c1-5-8-19-11-13(10-18-19)16(3,4)14-7-6-12(2)9-15(14)17/h10-12,14-15H,5-9H2,1-4H3. The first kappa shape index (κ1) is 15.1. The number of aromatic nitrogens is 2. The van der Waals surface area contributed by atoms with Gasteiger partial charge in [-0.05, 0) is 42.1 Å². The molecule has 0 spiro atoms. The fraction of sp³-hybridized carbons (Fsp3) is 0.812. The van der Waals surface area contributed by atoms with Gasteiger partial charge in [-0.15, -0.1) is 0 Å². The monoisotopic (exact) mass is 326 g/mol. The second kappa shape index (κ2) is 5.99. The third-order valence-corrected chi connectivity index (χ3v) is 5.80. The Balaban J connectivity index is 2.15. The van der Waals surface area contributed by atoms with Crippen molar-refractivity contribution in [1.82, 2.24) is 9.78 Å². The summed E-state index contributed by atoms with van der Waals surface area (Å²) in [4.78, 5) is 0.640. The first-order valence-electron chi connectivity index (χ1n) is 7.62. The van der Waals surface area contributed by atoms with Crippen molar-refractivity contribution in [2.24, 2.45) is 11.8 Å². The zero-order valence-electron chi connectivity index (χ0n) is 12.7. The highest BCUT2D eigenvalue weighted by Gasteiger charge is 2.39. The van der Waals surface area contributed by atoms with Gasteiger partial charge < -0.3 is 0 Å². The Bertz CT molecular complexity index is 411. The van der Waals surface area contributed by atoms with Crippen molar-refractivity contribution in [1.29, 1.82) is 0 Å². The molecule has 2 nitrogen and oxygen atoms in total. The van der Waals surface area contributed by atoms with Crippen LogP contribution in [-0.2, 0) is 12.0 Å². The highest BCUT2D eigenvalue weighted by Crippen LogP contribution is 2.45. The molecule has 1 aliphatic carbocycles. The van der Waals surface area contributed by atoms with Crippen LogP contribution in [-0.4, -0.2) is 14.6 Å². The third-order valence-electron chi connectivity index (χ3n) is 4.79. The quantitative estimate of drug-likeness (QED) is 0.728. The van der Waals surface area contributed by atoms with E-state index in [0.717, 1.165) is 18.9 Å². The van der Waals surface area contributed by atoms with Gasteiger partial charge in [0.15, 0.2) is 0 Å². The highest BCUT2D eigenvalue weighted by atomic mass is 79.9. The molecular formula is C16H27BrN2. The van der Waals surface area contributed by atoms with Crippen LogP contribution in [0.2, 0.25) is 0 Å². The molecule has 3 atom stereocenters. The lowest BCUT2D eigenvalue weighted by atomic mass is 9.66. The first-order chi connectivity index (χ1) is 8.95. The molecule has 0 N–H and O–H groups in total. The van der Waals surface area contributed by atoms with Crippen LogP contribution >= 0.6 is 15.9 Å². The van der Waals surface area contributed by atoms with E-state index >= 15 is 0 Å². The lowest BCUT2D eigenvalue weighted by molar-refractivity contribution is 0.214. The van der Waals surface area contributed by atoms with E-state index in [0.29, 0.717) is 10.7 Å². The van der Waals surface area contributed by atoms with Crippen LogP contribution in [0.1, 0.15) is 58.9 Å². The summed E-state index contributed by atoms with van der Waals surface area (Å²) in [6.07, 6.45) is 9.46. The molecule has 1 aromatic rings. The van der Waals surface area contributed by atoms with E-state index in [1.54, 1.807) is 0 Å². The number of rotatable bonds is 4. The zero-order valence-corrected chi connectivity index (χ0v) is 14.3. The van der Waals surface area contributed by atoms with Gasteiger partial charge in [-0.1, -0.05) is 50.0 Å². The van der Waals surface area contributed by atoms with Crippen LogP contribution in [0.4, 0.5) is 0 Å². The normalized spacial score (nSPS) is 28.6. The third kappa shape index (κ3) is 3.24. The van der Waals surface area contributed by atoms with Crippen molar-refractivity contribution in [3.05, 3.63) is 18.0 Å². The maximum absolute atomic E-state index is 4.51. The van der Waals surface area contributed by atoms with E-state index in [9.17, 15) is 0 Å². The Morgan fingerprint density at radius 2 is 2.16 bits per heavy atom. The van der Waals surface area contributed by atoms with Crippen molar-refractivity contribution >= 4 is 15.9 Å². The summed E-state index contributed by atoms with van der Waals surface area (Å²) < 4.78 is 2.09. The molecule has 108 valence electrons. The van der Waals surface area contributed by atoms with E-state index in [1.807, 2.05) is 0 Å². The average Bonchev–Trinajstić information content (AvgIpc) is 2.78. The fourth-order valence-corrected chi connectivity index (χ4v) is 4.95.